The van der Waals surface area contributed by atoms with Crippen LogP contribution in [0.15, 0.2) is 30.5 Å². The van der Waals surface area contributed by atoms with Crippen LogP contribution in [0.2, 0.25) is 0 Å². The Morgan fingerprint density at radius 1 is 1.35 bits per heavy atom. The predicted molar refractivity (Wildman–Crippen MR) is 94.1 cm³/mol. The number of aryl methyl sites for hydroxylation is 1. The van der Waals surface area contributed by atoms with E-state index in [0.717, 1.165) is 50.9 Å². The molecule has 5 nitrogen and oxygen atoms in total. The Morgan fingerprint density at radius 3 is 3.13 bits per heavy atom. The van der Waals surface area contributed by atoms with Gasteiger partial charge in [0.05, 0.1) is 16.8 Å². The summed E-state index contributed by atoms with van der Waals surface area (Å²) in [4.78, 5) is 4.47. The van der Waals surface area contributed by atoms with Crippen LogP contribution in [0.1, 0.15) is 35.8 Å². The van der Waals surface area contributed by atoms with Crippen LogP contribution in [0.25, 0.3) is 10.9 Å². The number of H-pyrrole nitrogens is 1. The van der Waals surface area contributed by atoms with Crippen LogP contribution in [0.3, 0.4) is 0 Å². The Kier molecular flexibility index (Phi) is 3.65. The SMILES string of the molecule is N#Cc1cnc2c(c1)CCC[C@H]2Oc1ccc2n[nH]c(I)c2c1. The van der Waals surface area contributed by atoms with Gasteiger partial charge in [-0.1, -0.05) is 0 Å². The highest BCUT2D eigenvalue weighted by Gasteiger charge is 2.24. The molecule has 6 heteroatoms. The van der Waals surface area contributed by atoms with Gasteiger partial charge < -0.3 is 4.74 Å². The Labute approximate surface area is 146 Å². The molecular weight excluding hydrogens is 403 g/mol. The first kappa shape index (κ1) is 14.5. The number of pyridine rings is 1. The molecule has 1 atom stereocenters. The number of fused-ring (bicyclic) bond motifs is 2. The third-order valence-electron chi connectivity index (χ3n) is 4.11. The topological polar surface area (TPSA) is 74.6 Å². The number of hydrogen-bond acceptors (Lipinski definition) is 4. The van der Waals surface area contributed by atoms with Crippen molar-refractivity contribution < 1.29 is 4.74 Å². The van der Waals surface area contributed by atoms with E-state index in [2.05, 4.69) is 43.8 Å². The Bertz CT molecular complexity index is 928. The number of nitriles is 1. The van der Waals surface area contributed by atoms with Crippen molar-refractivity contribution in [3.8, 4) is 11.8 Å². The van der Waals surface area contributed by atoms with Gasteiger partial charge in [0.1, 0.15) is 21.6 Å². The van der Waals surface area contributed by atoms with Crippen LogP contribution in [-0.2, 0) is 6.42 Å². The predicted octanol–water partition coefficient (Wildman–Crippen LogP) is 3.89. The normalized spacial score (nSPS) is 16.8. The smallest absolute Gasteiger partial charge is 0.141 e. The summed E-state index contributed by atoms with van der Waals surface area (Å²) in [6, 6.07) is 9.99. The highest BCUT2D eigenvalue weighted by atomic mass is 127. The van der Waals surface area contributed by atoms with Gasteiger partial charge in [0.15, 0.2) is 0 Å². The average molecular weight is 416 g/mol. The third kappa shape index (κ3) is 2.65. The van der Waals surface area contributed by atoms with Gasteiger partial charge >= 0.3 is 0 Å². The molecular formula is C17H13IN4O. The first-order valence-electron chi connectivity index (χ1n) is 7.44. The molecule has 0 fully saturated rings. The van der Waals surface area contributed by atoms with E-state index in [9.17, 15) is 0 Å². The highest BCUT2D eigenvalue weighted by Crippen LogP contribution is 2.34. The van der Waals surface area contributed by atoms with Crippen LogP contribution in [0.5, 0.6) is 5.75 Å². The second-order valence-corrected chi connectivity index (χ2v) is 6.67. The number of nitrogens with one attached hydrogen (secondary N) is 1. The Balaban J connectivity index is 1.66. The zero-order valence-corrected chi connectivity index (χ0v) is 14.4. The lowest BCUT2D eigenvalue weighted by Gasteiger charge is -2.25. The molecule has 0 spiro atoms. The molecule has 0 bridgehead atoms. The van der Waals surface area contributed by atoms with Gasteiger partial charge in [-0.25, -0.2) is 0 Å². The molecule has 114 valence electrons. The molecule has 0 amide bonds. The van der Waals surface area contributed by atoms with Gasteiger partial charge in [-0.15, -0.1) is 0 Å². The maximum absolute atomic E-state index is 9.02. The van der Waals surface area contributed by atoms with E-state index in [4.69, 9.17) is 10.00 Å². The van der Waals surface area contributed by atoms with Crippen molar-refractivity contribution >= 4 is 33.5 Å². The van der Waals surface area contributed by atoms with Crippen LogP contribution < -0.4 is 4.74 Å². The highest BCUT2D eigenvalue weighted by molar-refractivity contribution is 14.1. The van der Waals surface area contributed by atoms with Gasteiger partial charge in [0.2, 0.25) is 0 Å². The minimum absolute atomic E-state index is 0.0616. The van der Waals surface area contributed by atoms with Crippen molar-refractivity contribution in [2.75, 3.05) is 0 Å². The number of aromatic nitrogens is 3. The molecule has 1 N–H and O–H groups in total. The Morgan fingerprint density at radius 2 is 2.26 bits per heavy atom. The molecule has 2 heterocycles. The van der Waals surface area contributed by atoms with Crippen LogP contribution >= 0.6 is 22.6 Å². The van der Waals surface area contributed by atoms with Crippen molar-refractivity contribution in [2.24, 2.45) is 0 Å². The molecule has 4 rings (SSSR count). The van der Waals surface area contributed by atoms with Crippen molar-refractivity contribution in [1.29, 1.82) is 5.26 Å². The summed E-state index contributed by atoms with van der Waals surface area (Å²) in [6.45, 7) is 0. The van der Waals surface area contributed by atoms with E-state index in [0.29, 0.717) is 5.56 Å². The quantitative estimate of drug-likeness (QED) is 0.644. The summed E-state index contributed by atoms with van der Waals surface area (Å²) in [5, 5.41) is 17.3. The maximum atomic E-state index is 9.02. The number of rotatable bonds is 2. The molecule has 2 aromatic heterocycles. The van der Waals surface area contributed by atoms with Crippen LogP contribution in [0.4, 0.5) is 0 Å². The fraction of sp³-hybridized carbons (Fsp3) is 0.235. The molecule has 1 aromatic carbocycles. The molecule has 1 aliphatic rings. The summed E-state index contributed by atoms with van der Waals surface area (Å²) in [5.41, 5.74) is 3.62. The number of benzene rings is 1. The molecule has 1 aliphatic carbocycles. The second kappa shape index (κ2) is 5.81. The van der Waals surface area contributed by atoms with Gasteiger partial charge in [0, 0.05) is 11.6 Å². The minimum atomic E-state index is -0.0616. The lowest BCUT2D eigenvalue weighted by Crippen LogP contribution is -2.17. The monoisotopic (exact) mass is 416 g/mol. The van der Waals surface area contributed by atoms with Gasteiger partial charge in [-0.05, 0) is 71.7 Å². The average Bonchev–Trinajstić information content (AvgIpc) is 2.95. The van der Waals surface area contributed by atoms with Gasteiger partial charge in [-0.2, -0.15) is 10.4 Å². The van der Waals surface area contributed by atoms with E-state index >= 15 is 0 Å². The molecule has 0 aliphatic heterocycles. The molecule has 23 heavy (non-hydrogen) atoms. The number of halogens is 1. The van der Waals surface area contributed by atoms with Crippen LogP contribution in [0, 0.1) is 15.0 Å². The standard InChI is InChI=1S/C17H13IN4O/c18-17-13-7-12(4-5-14(13)21-22-17)23-15-3-1-2-11-6-10(8-19)9-20-16(11)15/h4-7,9,15H,1-3H2,(H,21,22)/t15-/m1/s1. The Hall–Kier alpha value is -2.14. The van der Waals surface area contributed by atoms with Crippen LogP contribution in [-0.4, -0.2) is 15.2 Å². The summed E-state index contributed by atoms with van der Waals surface area (Å²) >= 11 is 2.23. The fourth-order valence-corrected chi connectivity index (χ4v) is 3.55. The van der Waals surface area contributed by atoms with Crippen molar-refractivity contribution in [2.45, 2.75) is 25.4 Å². The molecule has 0 saturated heterocycles. The molecule has 0 unspecified atom stereocenters. The zero-order valence-electron chi connectivity index (χ0n) is 12.2. The second-order valence-electron chi connectivity index (χ2n) is 5.60. The zero-order chi connectivity index (χ0) is 15.8. The van der Waals surface area contributed by atoms with Crippen molar-refractivity contribution in [1.82, 2.24) is 15.2 Å². The van der Waals surface area contributed by atoms with E-state index in [1.165, 1.54) is 0 Å². The van der Waals surface area contributed by atoms with E-state index in [1.54, 1.807) is 6.20 Å². The third-order valence-corrected chi connectivity index (χ3v) is 4.93. The van der Waals surface area contributed by atoms with E-state index in [1.807, 2.05) is 24.3 Å². The molecule has 0 saturated carbocycles. The summed E-state index contributed by atoms with van der Waals surface area (Å²) in [7, 11) is 0. The molecule has 3 aromatic rings. The van der Waals surface area contributed by atoms with E-state index < -0.39 is 0 Å². The maximum Gasteiger partial charge on any atom is 0.141 e. The minimum Gasteiger partial charge on any atom is -0.484 e. The fourth-order valence-electron chi connectivity index (χ4n) is 3.00. The first-order chi connectivity index (χ1) is 11.2. The number of ether oxygens (including phenoxy) is 1. The number of nitrogens with zero attached hydrogens (tertiary/aromatic N) is 3. The summed E-state index contributed by atoms with van der Waals surface area (Å²) in [6.07, 6.45) is 4.50. The van der Waals surface area contributed by atoms with E-state index in [-0.39, 0.29) is 6.10 Å². The van der Waals surface area contributed by atoms with Gasteiger partial charge in [0.25, 0.3) is 0 Å². The first-order valence-corrected chi connectivity index (χ1v) is 8.51. The van der Waals surface area contributed by atoms with Gasteiger partial charge in [-0.3, -0.25) is 10.1 Å². The lowest BCUT2D eigenvalue weighted by molar-refractivity contribution is 0.178. The van der Waals surface area contributed by atoms with Crippen molar-refractivity contribution in [3.63, 3.8) is 0 Å². The lowest BCUT2D eigenvalue weighted by atomic mass is 9.93. The van der Waals surface area contributed by atoms with Crippen molar-refractivity contribution in [3.05, 3.63) is 51.0 Å². The number of aromatic amines is 1. The summed E-state index contributed by atoms with van der Waals surface area (Å²) < 4.78 is 7.20. The summed E-state index contributed by atoms with van der Waals surface area (Å²) in [5.74, 6) is 0.820. The number of hydrogen-bond donors (Lipinski definition) is 1. The largest absolute Gasteiger partial charge is 0.484 e. The molecule has 0 radical (unpaired) electrons.